The van der Waals surface area contributed by atoms with Crippen LogP contribution in [0.1, 0.15) is 10.5 Å². The number of para-hydroxylation sites is 2. The molecule has 3 aromatic heterocycles. The number of hydrogen-bond donors (Lipinski definition) is 4. The van der Waals surface area contributed by atoms with E-state index in [9.17, 15) is 9.90 Å². The van der Waals surface area contributed by atoms with E-state index in [4.69, 9.17) is 0 Å². The molecule has 0 aliphatic carbocycles. The molecule has 0 saturated carbocycles. The van der Waals surface area contributed by atoms with Crippen LogP contribution in [0.5, 0.6) is 0 Å². The van der Waals surface area contributed by atoms with Gasteiger partial charge in [0, 0.05) is 56.6 Å². The molecule has 26 heavy (non-hydrogen) atoms. The third kappa shape index (κ3) is 2.07. The van der Waals surface area contributed by atoms with Crippen LogP contribution in [0.3, 0.4) is 0 Å². The second-order valence-electron chi connectivity index (χ2n) is 6.27. The molecule has 5 heteroatoms. The van der Waals surface area contributed by atoms with Crippen LogP contribution in [-0.2, 0) is 0 Å². The molecule has 0 radical (unpaired) electrons. The minimum absolute atomic E-state index is 0.190. The third-order valence-electron chi connectivity index (χ3n) is 4.79. The highest BCUT2D eigenvalue weighted by molar-refractivity contribution is 6.05. The largest absolute Gasteiger partial charge is 0.477 e. The molecular weight excluding hydrogens is 326 g/mol. The number of carboxylic acid groups (broad SMARTS) is 1. The quantitative estimate of drug-likeness (QED) is 0.372. The number of aromatic amines is 3. The molecule has 0 saturated heterocycles. The van der Waals surface area contributed by atoms with Crippen molar-refractivity contribution in [1.82, 2.24) is 15.0 Å². The Morgan fingerprint density at radius 2 is 1.35 bits per heavy atom. The molecule has 5 rings (SSSR count). The molecule has 126 valence electrons. The molecule has 0 atom stereocenters. The molecule has 0 amide bonds. The maximum absolute atomic E-state index is 11.9. The Balaban J connectivity index is 1.75. The monoisotopic (exact) mass is 341 g/mol. The zero-order chi connectivity index (χ0) is 17.7. The van der Waals surface area contributed by atoms with Crippen molar-refractivity contribution >= 4 is 27.8 Å². The number of aromatic carboxylic acids is 1. The summed E-state index contributed by atoms with van der Waals surface area (Å²) < 4.78 is 0. The summed E-state index contributed by atoms with van der Waals surface area (Å²) in [6.07, 6.45) is 3.76. The number of benzene rings is 2. The van der Waals surface area contributed by atoms with Crippen LogP contribution in [0, 0.1) is 0 Å². The molecule has 0 aliphatic rings. The van der Waals surface area contributed by atoms with Gasteiger partial charge in [0.1, 0.15) is 5.69 Å². The Kier molecular flexibility index (Phi) is 3.03. The second-order valence-corrected chi connectivity index (χ2v) is 6.27. The topological polar surface area (TPSA) is 84.7 Å². The average molecular weight is 341 g/mol. The van der Waals surface area contributed by atoms with Crippen LogP contribution in [0.25, 0.3) is 44.2 Å². The first-order valence-corrected chi connectivity index (χ1v) is 8.31. The van der Waals surface area contributed by atoms with Gasteiger partial charge in [0.2, 0.25) is 0 Å². The SMILES string of the molecule is O=C(O)c1[nH]c(-c2c[nH]c3ccccc23)cc1-c1c[nH]c2ccccc12. The molecular formula is C21H15N3O2. The Bertz CT molecular complexity index is 1270. The number of nitrogens with one attached hydrogen (secondary N) is 3. The van der Waals surface area contributed by atoms with Gasteiger partial charge in [0.15, 0.2) is 0 Å². The van der Waals surface area contributed by atoms with Gasteiger partial charge in [-0.2, -0.15) is 0 Å². The van der Waals surface area contributed by atoms with Crippen molar-refractivity contribution in [3.05, 3.63) is 72.7 Å². The van der Waals surface area contributed by atoms with Gasteiger partial charge >= 0.3 is 5.97 Å². The number of hydrogen-bond acceptors (Lipinski definition) is 1. The van der Waals surface area contributed by atoms with Gasteiger partial charge in [0.25, 0.3) is 0 Å². The molecule has 4 N–H and O–H groups in total. The smallest absolute Gasteiger partial charge is 0.352 e. The summed E-state index contributed by atoms with van der Waals surface area (Å²) in [4.78, 5) is 21.4. The molecule has 0 spiro atoms. The number of carboxylic acids is 1. The minimum Gasteiger partial charge on any atom is -0.477 e. The number of rotatable bonds is 3. The van der Waals surface area contributed by atoms with Gasteiger partial charge < -0.3 is 20.1 Å². The zero-order valence-corrected chi connectivity index (χ0v) is 13.7. The lowest BCUT2D eigenvalue weighted by molar-refractivity contribution is 0.0692. The predicted octanol–water partition coefficient (Wildman–Crippen LogP) is 5.01. The first-order valence-electron chi connectivity index (χ1n) is 8.31. The van der Waals surface area contributed by atoms with E-state index < -0.39 is 5.97 Å². The van der Waals surface area contributed by atoms with Gasteiger partial charge in [-0.25, -0.2) is 4.79 Å². The van der Waals surface area contributed by atoms with Crippen LogP contribution in [0.4, 0.5) is 0 Å². The van der Waals surface area contributed by atoms with Crippen molar-refractivity contribution in [2.24, 2.45) is 0 Å². The first kappa shape index (κ1) is 14.6. The highest BCUT2D eigenvalue weighted by Gasteiger charge is 2.20. The van der Waals surface area contributed by atoms with E-state index >= 15 is 0 Å². The second kappa shape index (κ2) is 5.39. The summed E-state index contributed by atoms with van der Waals surface area (Å²) in [7, 11) is 0. The van der Waals surface area contributed by atoms with E-state index in [1.54, 1.807) is 0 Å². The Hall–Kier alpha value is -3.73. The molecule has 0 bridgehead atoms. The lowest BCUT2D eigenvalue weighted by atomic mass is 10.0. The van der Waals surface area contributed by atoms with Crippen molar-refractivity contribution in [3.63, 3.8) is 0 Å². The lowest BCUT2D eigenvalue weighted by Gasteiger charge is -1.98. The highest BCUT2D eigenvalue weighted by atomic mass is 16.4. The van der Waals surface area contributed by atoms with E-state index in [2.05, 4.69) is 15.0 Å². The van der Waals surface area contributed by atoms with Gasteiger partial charge in [-0.15, -0.1) is 0 Å². The predicted molar refractivity (Wildman–Crippen MR) is 102 cm³/mol. The number of aromatic nitrogens is 3. The van der Waals surface area contributed by atoms with Crippen LogP contribution in [0.15, 0.2) is 67.0 Å². The maximum Gasteiger partial charge on any atom is 0.352 e. The zero-order valence-electron chi connectivity index (χ0n) is 13.7. The van der Waals surface area contributed by atoms with Crippen LogP contribution < -0.4 is 0 Å². The van der Waals surface area contributed by atoms with Gasteiger partial charge in [-0.05, 0) is 18.2 Å². The lowest BCUT2D eigenvalue weighted by Crippen LogP contribution is -1.98. The number of carbonyl (C=O) groups is 1. The van der Waals surface area contributed by atoms with Gasteiger partial charge in [-0.3, -0.25) is 0 Å². The van der Waals surface area contributed by atoms with Crippen molar-refractivity contribution in [1.29, 1.82) is 0 Å². The minimum atomic E-state index is -0.976. The standard InChI is InChI=1S/C21H15N3O2/c25-21(26)20-14(15-10-22-17-7-3-1-5-12(15)17)9-19(24-20)16-11-23-18-8-4-2-6-13(16)18/h1-11,22-24H,(H,25,26). The van der Waals surface area contributed by atoms with Crippen LogP contribution in [-0.4, -0.2) is 26.0 Å². The summed E-state index contributed by atoms with van der Waals surface area (Å²) in [5, 5.41) is 11.8. The van der Waals surface area contributed by atoms with E-state index in [0.717, 1.165) is 38.6 Å². The molecule has 0 unspecified atom stereocenters. The molecule has 0 aliphatic heterocycles. The fourth-order valence-corrected chi connectivity index (χ4v) is 3.57. The van der Waals surface area contributed by atoms with Crippen molar-refractivity contribution in [3.8, 4) is 22.4 Å². The Labute approximate surface area is 148 Å². The van der Waals surface area contributed by atoms with E-state index in [1.807, 2.05) is 67.0 Å². The van der Waals surface area contributed by atoms with Crippen molar-refractivity contribution < 1.29 is 9.90 Å². The summed E-state index contributed by atoms with van der Waals surface area (Å²) in [6, 6.07) is 17.8. The van der Waals surface area contributed by atoms with E-state index in [1.165, 1.54) is 0 Å². The number of fused-ring (bicyclic) bond motifs is 2. The molecule has 3 heterocycles. The van der Waals surface area contributed by atoms with E-state index in [-0.39, 0.29) is 5.69 Å². The Morgan fingerprint density at radius 1 is 0.769 bits per heavy atom. The molecule has 0 fully saturated rings. The normalized spacial score (nSPS) is 11.4. The Morgan fingerprint density at radius 3 is 2.00 bits per heavy atom. The first-order chi connectivity index (χ1) is 12.7. The summed E-state index contributed by atoms with van der Waals surface area (Å²) in [5.74, 6) is -0.976. The maximum atomic E-state index is 11.9. The van der Waals surface area contributed by atoms with Gasteiger partial charge in [0.05, 0.1) is 0 Å². The summed E-state index contributed by atoms with van der Waals surface area (Å²) in [6.45, 7) is 0. The fourth-order valence-electron chi connectivity index (χ4n) is 3.57. The fraction of sp³-hybridized carbons (Fsp3) is 0. The van der Waals surface area contributed by atoms with Crippen LogP contribution >= 0.6 is 0 Å². The van der Waals surface area contributed by atoms with Crippen LogP contribution in [0.2, 0.25) is 0 Å². The molecule has 5 nitrogen and oxygen atoms in total. The summed E-state index contributed by atoms with van der Waals surface area (Å²) >= 11 is 0. The summed E-state index contributed by atoms with van der Waals surface area (Å²) in [5.41, 5.74) is 5.47. The van der Waals surface area contributed by atoms with Crippen molar-refractivity contribution in [2.75, 3.05) is 0 Å². The highest BCUT2D eigenvalue weighted by Crippen LogP contribution is 2.36. The van der Waals surface area contributed by atoms with Gasteiger partial charge in [-0.1, -0.05) is 36.4 Å². The van der Waals surface area contributed by atoms with Crippen molar-refractivity contribution in [2.45, 2.75) is 0 Å². The molecule has 5 aromatic rings. The average Bonchev–Trinajstić information content (AvgIpc) is 3.36. The third-order valence-corrected chi connectivity index (χ3v) is 4.79. The number of H-pyrrole nitrogens is 3. The molecule has 2 aromatic carbocycles. The van der Waals surface area contributed by atoms with E-state index in [0.29, 0.717) is 5.56 Å².